The van der Waals surface area contributed by atoms with Crippen molar-refractivity contribution in [2.75, 3.05) is 11.4 Å². The molecule has 0 saturated carbocycles. The van der Waals surface area contributed by atoms with E-state index in [2.05, 4.69) is 0 Å². The molecule has 0 aliphatic carbocycles. The third kappa shape index (κ3) is 1.76. The maximum Gasteiger partial charge on any atom is 0.237 e. The van der Waals surface area contributed by atoms with E-state index in [1.165, 1.54) is 6.26 Å². The quantitative estimate of drug-likeness (QED) is 0.805. The van der Waals surface area contributed by atoms with Gasteiger partial charge in [-0.1, -0.05) is 18.2 Å². The number of ketones is 1. The molecule has 0 spiro atoms. The van der Waals surface area contributed by atoms with Crippen LogP contribution in [0.2, 0.25) is 0 Å². The number of hydrogen-bond acceptors (Lipinski definition) is 3. The Labute approximate surface area is 117 Å². The van der Waals surface area contributed by atoms with E-state index in [0.717, 1.165) is 11.3 Å². The second-order valence-corrected chi connectivity index (χ2v) is 5.43. The summed E-state index contributed by atoms with van der Waals surface area (Å²) >= 11 is 0. The van der Waals surface area contributed by atoms with E-state index in [4.69, 9.17) is 4.42 Å². The molecule has 4 nitrogen and oxygen atoms in total. The molecule has 20 heavy (non-hydrogen) atoms. The smallest absolute Gasteiger partial charge is 0.237 e. The van der Waals surface area contributed by atoms with E-state index >= 15 is 0 Å². The summed E-state index contributed by atoms with van der Waals surface area (Å²) in [7, 11) is 0. The number of benzene rings is 1. The Kier molecular flexibility index (Phi) is 2.74. The van der Waals surface area contributed by atoms with Crippen molar-refractivity contribution in [2.45, 2.75) is 19.3 Å². The third-order valence-corrected chi connectivity index (χ3v) is 3.75. The van der Waals surface area contributed by atoms with Crippen LogP contribution in [-0.4, -0.2) is 18.2 Å². The first-order valence-corrected chi connectivity index (χ1v) is 6.50. The van der Waals surface area contributed by atoms with E-state index < -0.39 is 5.41 Å². The lowest BCUT2D eigenvalue weighted by Crippen LogP contribution is -2.39. The van der Waals surface area contributed by atoms with Crippen LogP contribution in [-0.2, 0) is 10.2 Å². The molecule has 4 heteroatoms. The van der Waals surface area contributed by atoms with Crippen molar-refractivity contribution < 1.29 is 14.0 Å². The van der Waals surface area contributed by atoms with Crippen molar-refractivity contribution in [1.82, 2.24) is 0 Å². The van der Waals surface area contributed by atoms with Gasteiger partial charge in [-0.05, 0) is 37.6 Å². The molecular formula is C16H15NO3. The van der Waals surface area contributed by atoms with Gasteiger partial charge in [0.1, 0.15) is 0 Å². The van der Waals surface area contributed by atoms with E-state index in [1.807, 2.05) is 38.1 Å². The lowest BCUT2D eigenvalue weighted by atomic mass is 9.86. The monoisotopic (exact) mass is 269 g/mol. The van der Waals surface area contributed by atoms with Crippen LogP contribution in [0, 0.1) is 0 Å². The first kappa shape index (κ1) is 12.7. The first-order valence-electron chi connectivity index (χ1n) is 6.50. The standard InChI is InChI=1S/C16H15NO3/c1-16(2)11-6-3-4-7-12(11)17(15(16)19)10-13(18)14-8-5-9-20-14/h3-9H,10H2,1-2H3. The zero-order chi connectivity index (χ0) is 14.3. The number of anilines is 1. The van der Waals surface area contributed by atoms with Crippen molar-refractivity contribution in [3.63, 3.8) is 0 Å². The number of carbonyl (C=O) groups excluding carboxylic acids is 2. The summed E-state index contributed by atoms with van der Waals surface area (Å²) in [6.07, 6.45) is 1.46. The van der Waals surface area contributed by atoms with Gasteiger partial charge in [0.05, 0.1) is 18.2 Å². The molecule has 1 aromatic heterocycles. The van der Waals surface area contributed by atoms with Crippen LogP contribution in [0.4, 0.5) is 5.69 Å². The Bertz CT molecular complexity index is 671. The van der Waals surface area contributed by atoms with Crippen LogP contribution in [0.15, 0.2) is 47.1 Å². The number of hydrogen-bond donors (Lipinski definition) is 0. The Morgan fingerprint density at radius 1 is 1.20 bits per heavy atom. The van der Waals surface area contributed by atoms with Crippen LogP contribution in [0.5, 0.6) is 0 Å². The van der Waals surface area contributed by atoms with Crippen molar-refractivity contribution in [3.05, 3.63) is 54.0 Å². The zero-order valence-corrected chi connectivity index (χ0v) is 11.4. The normalized spacial score (nSPS) is 16.3. The maximum absolute atomic E-state index is 12.5. The van der Waals surface area contributed by atoms with Gasteiger partial charge in [0.15, 0.2) is 5.76 Å². The minimum atomic E-state index is -0.597. The number of fused-ring (bicyclic) bond motifs is 1. The van der Waals surface area contributed by atoms with Crippen LogP contribution >= 0.6 is 0 Å². The van der Waals surface area contributed by atoms with Crippen molar-refractivity contribution in [1.29, 1.82) is 0 Å². The number of nitrogens with zero attached hydrogens (tertiary/aromatic N) is 1. The van der Waals surface area contributed by atoms with Gasteiger partial charge >= 0.3 is 0 Å². The number of para-hydroxylation sites is 1. The highest BCUT2D eigenvalue weighted by Gasteiger charge is 2.44. The first-order chi connectivity index (χ1) is 9.51. The number of amides is 1. The van der Waals surface area contributed by atoms with Crippen molar-refractivity contribution in [3.8, 4) is 0 Å². The molecule has 1 aromatic carbocycles. The molecule has 1 amide bonds. The maximum atomic E-state index is 12.5. The average molecular weight is 269 g/mol. The Hall–Kier alpha value is -2.36. The summed E-state index contributed by atoms with van der Waals surface area (Å²) in [5.41, 5.74) is 1.17. The SMILES string of the molecule is CC1(C)C(=O)N(CC(=O)c2ccco2)c2ccccc21. The molecule has 0 atom stereocenters. The lowest BCUT2D eigenvalue weighted by molar-refractivity contribution is -0.122. The summed E-state index contributed by atoms with van der Waals surface area (Å²) in [5, 5.41) is 0. The third-order valence-electron chi connectivity index (χ3n) is 3.75. The van der Waals surface area contributed by atoms with E-state index in [0.29, 0.717) is 0 Å². The summed E-state index contributed by atoms with van der Waals surface area (Å²) in [4.78, 5) is 26.2. The topological polar surface area (TPSA) is 50.5 Å². The number of carbonyl (C=O) groups is 2. The largest absolute Gasteiger partial charge is 0.461 e. The average Bonchev–Trinajstić information content (AvgIpc) is 3.02. The molecule has 102 valence electrons. The van der Waals surface area contributed by atoms with Gasteiger partial charge in [-0.15, -0.1) is 0 Å². The molecule has 0 unspecified atom stereocenters. The van der Waals surface area contributed by atoms with E-state index in [1.54, 1.807) is 17.0 Å². The van der Waals surface area contributed by atoms with Gasteiger partial charge in [0.25, 0.3) is 0 Å². The summed E-state index contributed by atoms with van der Waals surface area (Å²) in [6, 6.07) is 10.9. The van der Waals surface area contributed by atoms with Crippen molar-refractivity contribution >= 4 is 17.4 Å². The van der Waals surface area contributed by atoms with E-state index in [-0.39, 0.29) is 24.0 Å². The highest BCUT2D eigenvalue weighted by molar-refractivity contribution is 6.12. The molecule has 1 aliphatic rings. The van der Waals surface area contributed by atoms with Crippen LogP contribution in [0.25, 0.3) is 0 Å². The van der Waals surface area contributed by atoms with Gasteiger partial charge in [0, 0.05) is 5.69 Å². The summed E-state index contributed by atoms with van der Waals surface area (Å²) in [6.45, 7) is 3.77. The molecule has 0 fully saturated rings. The number of Topliss-reactive ketones (excluding diaryl/α,β-unsaturated/α-hetero) is 1. The molecule has 2 heterocycles. The zero-order valence-electron chi connectivity index (χ0n) is 11.4. The second-order valence-electron chi connectivity index (χ2n) is 5.43. The molecule has 0 bridgehead atoms. The fourth-order valence-corrected chi connectivity index (χ4v) is 2.62. The van der Waals surface area contributed by atoms with E-state index in [9.17, 15) is 9.59 Å². The Balaban J connectivity index is 1.95. The Morgan fingerprint density at radius 2 is 1.95 bits per heavy atom. The number of rotatable bonds is 3. The van der Waals surface area contributed by atoms with Crippen LogP contribution in [0.1, 0.15) is 30.0 Å². The molecule has 0 radical (unpaired) electrons. The summed E-state index contributed by atoms with van der Waals surface area (Å²) in [5.74, 6) is 0.0226. The lowest BCUT2D eigenvalue weighted by Gasteiger charge is -2.19. The summed E-state index contributed by atoms with van der Waals surface area (Å²) < 4.78 is 5.09. The van der Waals surface area contributed by atoms with Crippen molar-refractivity contribution in [2.24, 2.45) is 0 Å². The molecule has 0 N–H and O–H groups in total. The Morgan fingerprint density at radius 3 is 2.65 bits per heavy atom. The number of furan rings is 1. The van der Waals surface area contributed by atoms with Crippen LogP contribution in [0.3, 0.4) is 0 Å². The predicted molar refractivity (Wildman–Crippen MR) is 74.9 cm³/mol. The highest BCUT2D eigenvalue weighted by Crippen LogP contribution is 2.41. The molecule has 1 aliphatic heterocycles. The van der Waals surface area contributed by atoms with Gasteiger partial charge in [-0.25, -0.2) is 0 Å². The van der Waals surface area contributed by atoms with Gasteiger partial charge < -0.3 is 9.32 Å². The fraction of sp³-hybridized carbons (Fsp3) is 0.250. The van der Waals surface area contributed by atoms with Gasteiger partial charge in [0.2, 0.25) is 11.7 Å². The minimum absolute atomic E-state index is 0.00674. The second kappa shape index (κ2) is 4.34. The molecule has 0 saturated heterocycles. The van der Waals surface area contributed by atoms with Crippen LogP contribution < -0.4 is 4.90 Å². The fourth-order valence-electron chi connectivity index (χ4n) is 2.62. The molecule has 2 aromatic rings. The van der Waals surface area contributed by atoms with Gasteiger partial charge in [-0.2, -0.15) is 0 Å². The minimum Gasteiger partial charge on any atom is -0.461 e. The predicted octanol–water partition coefficient (Wildman–Crippen LogP) is 2.79. The molecule has 3 rings (SSSR count). The highest BCUT2D eigenvalue weighted by atomic mass is 16.3. The molecular weight excluding hydrogens is 254 g/mol. The van der Waals surface area contributed by atoms with Gasteiger partial charge in [-0.3, -0.25) is 9.59 Å².